The second-order valence-electron chi connectivity index (χ2n) is 3.79. The summed E-state index contributed by atoms with van der Waals surface area (Å²) in [5, 5.41) is 13.1. The zero-order chi connectivity index (χ0) is 12.8. The first-order valence-corrected chi connectivity index (χ1v) is 6.11. The van der Waals surface area contributed by atoms with Crippen LogP contribution in [0.2, 0.25) is 0 Å². The van der Waals surface area contributed by atoms with Gasteiger partial charge in [-0.3, -0.25) is 9.59 Å². The van der Waals surface area contributed by atoms with E-state index in [9.17, 15) is 9.59 Å². The highest BCUT2D eigenvalue weighted by Crippen LogP contribution is 2.16. The Balaban J connectivity index is 2.43. The molecule has 1 atom stereocenters. The third kappa shape index (κ3) is 4.40. The second kappa shape index (κ2) is 6.20. The van der Waals surface area contributed by atoms with E-state index in [1.807, 2.05) is 18.4 Å². The average Bonchev–Trinajstić information content (AvgIpc) is 2.68. The number of carboxylic acids is 1. The van der Waals surface area contributed by atoms with Crippen molar-refractivity contribution < 1.29 is 14.7 Å². The van der Waals surface area contributed by atoms with Crippen LogP contribution in [0.4, 0.5) is 0 Å². The number of aryl methyl sites for hydroxylation is 1. The highest BCUT2D eigenvalue weighted by Gasteiger charge is 2.10. The number of rotatable bonds is 5. The Labute approximate surface area is 104 Å². The number of aliphatic carboxylic acids is 1. The van der Waals surface area contributed by atoms with Crippen LogP contribution in [0.25, 0.3) is 6.08 Å². The van der Waals surface area contributed by atoms with Gasteiger partial charge in [-0.2, -0.15) is 0 Å². The Hall–Kier alpha value is -1.62. The van der Waals surface area contributed by atoms with E-state index in [0.717, 1.165) is 10.4 Å². The topological polar surface area (TPSA) is 66.4 Å². The van der Waals surface area contributed by atoms with E-state index in [0.29, 0.717) is 0 Å². The normalized spacial score (nSPS) is 12.6. The van der Waals surface area contributed by atoms with Gasteiger partial charge >= 0.3 is 5.97 Å². The third-order valence-corrected chi connectivity index (χ3v) is 3.28. The molecule has 0 radical (unpaired) electrons. The SMILES string of the molecule is Cc1ccsc1C=CC(=O)NCC(C)C(=O)O. The maximum Gasteiger partial charge on any atom is 0.308 e. The van der Waals surface area contributed by atoms with E-state index in [1.165, 1.54) is 6.08 Å². The van der Waals surface area contributed by atoms with Crippen molar-refractivity contribution in [3.8, 4) is 0 Å². The summed E-state index contributed by atoms with van der Waals surface area (Å²) >= 11 is 1.56. The number of hydrogen-bond acceptors (Lipinski definition) is 3. The smallest absolute Gasteiger partial charge is 0.308 e. The van der Waals surface area contributed by atoms with Crippen LogP contribution in [0.3, 0.4) is 0 Å². The molecule has 0 aliphatic rings. The zero-order valence-electron chi connectivity index (χ0n) is 9.77. The Morgan fingerprint density at radius 2 is 2.29 bits per heavy atom. The minimum absolute atomic E-state index is 0.141. The number of thiophene rings is 1. The summed E-state index contributed by atoms with van der Waals surface area (Å²) in [5.74, 6) is -1.76. The Morgan fingerprint density at radius 3 is 2.82 bits per heavy atom. The summed E-state index contributed by atoms with van der Waals surface area (Å²) in [4.78, 5) is 23.0. The van der Waals surface area contributed by atoms with Gasteiger partial charge in [0, 0.05) is 17.5 Å². The highest BCUT2D eigenvalue weighted by atomic mass is 32.1. The summed E-state index contributed by atoms with van der Waals surface area (Å²) in [6.07, 6.45) is 3.16. The molecule has 0 aliphatic heterocycles. The molecule has 17 heavy (non-hydrogen) atoms. The molecule has 92 valence electrons. The van der Waals surface area contributed by atoms with Crippen LogP contribution in [0.1, 0.15) is 17.4 Å². The van der Waals surface area contributed by atoms with Crippen molar-refractivity contribution in [1.29, 1.82) is 0 Å². The summed E-state index contributed by atoms with van der Waals surface area (Å²) in [6, 6.07) is 1.98. The van der Waals surface area contributed by atoms with E-state index in [2.05, 4.69) is 5.32 Å². The van der Waals surface area contributed by atoms with Gasteiger partial charge in [0.25, 0.3) is 0 Å². The molecule has 1 heterocycles. The molecule has 1 aromatic heterocycles. The van der Waals surface area contributed by atoms with Crippen LogP contribution in [0, 0.1) is 12.8 Å². The molecule has 0 bridgehead atoms. The zero-order valence-corrected chi connectivity index (χ0v) is 10.6. The van der Waals surface area contributed by atoms with Gasteiger partial charge in [0.1, 0.15) is 0 Å². The van der Waals surface area contributed by atoms with Crippen LogP contribution < -0.4 is 5.32 Å². The van der Waals surface area contributed by atoms with Gasteiger partial charge < -0.3 is 10.4 Å². The maximum atomic E-state index is 11.4. The fourth-order valence-corrected chi connectivity index (χ4v) is 1.93. The van der Waals surface area contributed by atoms with Crippen molar-refractivity contribution >= 4 is 29.3 Å². The summed E-state index contributed by atoms with van der Waals surface area (Å²) in [7, 11) is 0. The largest absolute Gasteiger partial charge is 0.481 e. The molecule has 0 saturated carbocycles. The summed E-state index contributed by atoms with van der Waals surface area (Å²) < 4.78 is 0. The van der Waals surface area contributed by atoms with Gasteiger partial charge in [0.15, 0.2) is 0 Å². The molecule has 1 unspecified atom stereocenters. The molecule has 0 fully saturated rings. The van der Waals surface area contributed by atoms with Crippen LogP contribution in [-0.2, 0) is 9.59 Å². The van der Waals surface area contributed by atoms with Crippen molar-refractivity contribution in [1.82, 2.24) is 5.32 Å². The first-order chi connectivity index (χ1) is 8.00. The lowest BCUT2D eigenvalue weighted by molar-refractivity contribution is -0.141. The van der Waals surface area contributed by atoms with Crippen molar-refractivity contribution in [2.75, 3.05) is 6.54 Å². The number of carboxylic acid groups (broad SMARTS) is 1. The molecule has 0 aromatic carbocycles. The summed E-state index contributed by atoms with van der Waals surface area (Å²) in [6.45, 7) is 3.66. The Bertz CT molecular complexity index is 437. The predicted molar refractivity (Wildman–Crippen MR) is 67.9 cm³/mol. The van der Waals surface area contributed by atoms with Crippen LogP contribution in [-0.4, -0.2) is 23.5 Å². The van der Waals surface area contributed by atoms with E-state index in [1.54, 1.807) is 24.3 Å². The van der Waals surface area contributed by atoms with E-state index in [4.69, 9.17) is 5.11 Å². The predicted octanol–water partition coefficient (Wildman–Crippen LogP) is 1.91. The number of carbonyl (C=O) groups is 2. The lowest BCUT2D eigenvalue weighted by Gasteiger charge is -2.05. The lowest BCUT2D eigenvalue weighted by atomic mass is 10.2. The average molecular weight is 253 g/mol. The van der Waals surface area contributed by atoms with E-state index in [-0.39, 0.29) is 12.5 Å². The van der Waals surface area contributed by atoms with Gasteiger partial charge in [-0.15, -0.1) is 11.3 Å². The molecule has 0 saturated heterocycles. The lowest BCUT2D eigenvalue weighted by Crippen LogP contribution is -2.30. The van der Waals surface area contributed by atoms with Gasteiger partial charge in [0.05, 0.1) is 5.92 Å². The number of carbonyl (C=O) groups excluding carboxylic acids is 1. The van der Waals surface area contributed by atoms with Crippen molar-refractivity contribution in [3.05, 3.63) is 28.0 Å². The molecule has 1 rings (SSSR count). The minimum atomic E-state index is -0.914. The van der Waals surface area contributed by atoms with Crippen molar-refractivity contribution in [3.63, 3.8) is 0 Å². The van der Waals surface area contributed by atoms with Crippen molar-refractivity contribution in [2.45, 2.75) is 13.8 Å². The van der Waals surface area contributed by atoms with Gasteiger partial charge in [0.2, 0.25) is 5.91 Å². The number of hydrogen-bond donors (Lipinski definition) is 2. The maximum absolute atomic E-state index is 11.4. The van der Waals surface area contributed by atoms with Gasteiger partial charge in [-0.25, -0.2) is 0 Å². The van der Waals surface area contributed by atoms with Gasteiger partial charge in [-0.1, -0.05) is 6.92 Å². The number of amides is 1. The third-order valence-electron chi connectivity index (χ3n) is 2.29. The molecule has 4 nitrogen and oxygen atoms in total. The Kier molecular flexibility index (Phi) is 4.90. The molecule has 0 spiro atoms. The van der Waals surface area contributed by atoms with Gasteiger partial charge in [-0.05, 0) is 30.0 Å². The standard InChI is InChI=1S/C12H15NO3S/c1-8-5-6-17-10(8)3-4-11(14)13-7-9(2)12(15)16/h3-6,9H,7H2,1-2H3,(H,13,14)(H,15,16). The monoisotopic (exact) mass is 253 g/mol. The first-order valence-electron chi connectivity index (χ1n) is 5.23. The van der Waals surface area contributed by atoms with E-state index < -0.39 is 11.9 Å². The quantitative estimate of drug-likeness (QED) is 0.788. The first kappa shape index (κ1) is 13.4. The van der Waals surface area contributed by atoms with Crippen LogP contribution in [0.5, 0.6) is 0 Å². The summed E-state index contributed by atoms with van der Waals surface area (Å²) in [5.41, 5.74) is 1.12. The molecule has 5 heteroatoms. The van der Waals surface area contributed by atoms with Crippen LogP contribution >= 0.6 is 11.3 Å². The molecule has 1 amide bonds. The molecular weight excluding hydrogens is 238 g/mol. The molecule has 2 N–H and O–H groups in total. The molecular formula is C12H15NO3S. The fourth-order valence-electron chi connectivity index (χ4n) is 1.11. The second-order valence-corrected chi connectivity index (χ2v) is 4.73. The minimum Gasteiger partial charge on any atom is -0.481 e. The van der Waals surface area contributed by atoms with E-state index >= 15 is 0 Å². The molecule has 0 aliphatic carbocycles. The van der Waals surface area contributed by atoms with Crippen LogP contribution in [0.15, 0.2) is 17.5 Å². The Morgan fingerprint density at radius 1 is 1.59 bits per heavy atom. The molecule has 1 aromatic rings. The highest BCUT2D eigenvalue weighted by molar-refractivity contribution is 7.11. The fraction of sp³-hybridized carbons (Fsp3) is 0.333. The number of nitrogens with one attached hydrogen (secondary N) is 1. The van der Waals surface area contributed by atoms with Crippen molar-refractivity contribution in [2.24, 2.45) is 5.92 Å².